The van der Waals surface area contributed by atoms with Crippen molar-refractivity contribution in [1.82, 2.24) is 15.5 Å². The van der Waals surface area contributed by atoms with Gasteiger partial charge in [-0.1, -0.05) is 30.9 Å². The highest BCUT2D eigenvalue weighted by Gasteiger charge is 2.22. The van der Waals surface area contributed by atoms with Gasteiger partial charge in [0, 0.05) is 48.8 Å². The number of halogens is 1. The summed E-state index contributed by atoms with van der Waals surface area (Å²) in [5.74, 6) is 0.00873. The Labute approximate surface area is 172 Å². The standard InChI is InChI=1S/C21H31ClN4O2/c22-16-6-8-18(9-7-16)23-20(27)12-15-26-13-10-19(11-14-26)25-21(28)24-17-4-2-1-3-5-17/h6-9,17,19H,1-5,10-15H2,(H,23,27)(H2,24,25,28). The summed E-state index contributed by atoms with van der Waals surface area (Å²) >= 11 is 5.85. The Morgan fingerprint density at radius 3 is 2.18 bits per heavy atom. The lowest BCUT2D eigenvalue weighted by Gasteiger charge is -2.32. The van der Waals surface area contributed by atoms with Crippen LogP contribution < -0.4 is 16.0 Å². The quantitative estimate of drug-likeness (QED) is 0.673. The first kappa shape index (κ1) is 20.9. The molecule has 0 spiro atoms. The Morgan fingerprint density at radius 1 is 0.929 bits per heavy atom. The average molecular weight is 407 g/mol. The van der Waals surface area contributed by atoms with Gasteiger partial charge in [0.15, 0.2) is 0 Å². The van der Waals surface area contributed by atoms with E-state index < -0.39 is 0 Å². The summed E-state index contributed by atoms with van der Waals surface area (Å²) in [6.07, 6.45) is 8.24. The van der Waals surface area contributed by atoms with Crippen molar-refractivity contribution in [2.24, 2.45) is 0 Å². The summed E-state index contributed by atoms with van der Waals surface area (Å²) in [5, 5.41) is 9.79. The van der Waals surface area contributed by atoms with Crippen molar-refractivity contribution in [3.05, 3.63) is 29.3 Å². The van der Waals surface area contributed by atoms with Gasteiger partial charge < -0.3 is 20.9 Å². The summed E-state index contributed by atoms with van der Waals surface area (Å²) in [6.45, 7) is 2.55. The Balaban J connectivity index is 1.29. The van der Waals surface area contributed by atoms with E-state index in [9.17, 15) is 9.59 Å². The van der Waals surface area contributed by atoms with Crippen molar-refractivity contribution in [3.63, 3.8) is 0 Å². The molecule has 2 fully saturated rings. The fourth-order valence-corrected chi connectivity index (χ4v) is 4.10. The molecular weight excluding hydrogens is 376 g/mol. The molecule has 0 unspecified atom stereocenters. The molecule has 3 amide bonds. The molecule has 154 valence electrons. The Hall–Kier alpha value is -1.79. The number of piperidine rings is 1. The van der Waals surface area contributed by atoms with Crippen molar-refractivity contribution in [2.45, 2.75) is 63.5 Å². The minimum absolute atomic E-state index is 0.00873. The van der Waals surface area contributed by atoms with Crippen LogP contribution in [0.1, 0.15) is 51.4 Å². The van der Waals surface area contributed by atoms with Crippen LogP contribution in [0, 0.1) is 0 Å². The second-order valence-corrected chi connectivity index (χ2v) is 8.31. The Morgan fingerprint density at radius 2 is 1.54 bits per heavy atom. The van der Waals surface area contributed by atoms with E-state index in [2.05, 4.69) is 20.9 Å². The van der Waals surface area contributed by atoms with Crippen molar-refractivity contribution < 1.29 is 9.59 Å². The SMILES string of the molecule is O=C(CCN1CCC(NC(=O)NC2CCCCC2)CC1)Nc1ccc(Cl)cc1. The van der Waals surface area contributed by atoms with Gasteiger partial charge in [-0.15, -0.1) is 0 Å². The normalized spacial score (nSPS) is 19.2. The molecule has 6 nitrogen and oxygen atoms in total. The van der Waals surface area contributed by atoms with E-state index in [1.165, 1.54) is 19.3 Å². The molecule has 1 aliphatic carbocycles. The number of amides is 3. The third-order valence-electron chi connectivity index (χ3n) is 5.65. The van der Waals surface area contributed by atoms with Crippen LogP contribution >= 0.6 is 11.6 Å². The van der Waals surface area contributed by atoms with Crippen molar-refractivity contribution >= 4 is 29.2 Å². The van der Waals surface area contributed by atoms with Gasteiger partial charge in [-0.2, -0.15) is 0 Å². The maximum Gasteiger partial charge on any atom is 0.315 e. The minimum Gasteiger partial charge on any atom is -0.335 e. The number of hydrogen-bond acceptors (Lipinski definition) is 3. The molecule has 1 aliphatic heterocycles. The molecule has 3 N–H and O–H groups in total. The fraction of sp³-hybridized carbons (Fsp3) is 0.619. The highest BCUT2D eigenvalue weighted by molar-refractivity contribution is 6.30. The maximum atomic E-state index is 12.2. The minimum atomic E-state index is -0.0207. The summed E-state index contributed by atoms with van der Waals surface area (Å²) in [6, 6.07) is 7.67. The first-order valence-electron chi connectivity index (χ1n) is 10.4. The fourth-order valence-electron chi connectivity index (χ4n) is 3.98. The van der Waals surface area contributed by atoms with Crippen LogP contribution in [0.15, 0.2) is 24.3 Å². The van der Waals surface area contributed by atoms with Crippen LogP contribution in [0.3, 0.4) is 0 Å². The molecule has 0 aromatic heterocycles. The topological polar surface area (TPSA) is 73.5 Å². The molecule has 1 heterocycles. The first-order valence-corrected chi connectivity index (χ1v) is 10.8. The number of anilines is 1. The zero-order chi connectivity index (χ0) is 19.8. The summed E-state index contributed by atoms with van der Waals surface area (Å²) in [4.78, 5) is 26.6. The van der Waals surface area contributed by atoms with Crippen LogP contribution in [0.5, 0.6) is 0 Å². The number of nitrogens with zero attached hydrogens (tertiary/aromatic N) is 1. The van der Waals surface area contributed by atoms with E-state index in [0.29, 0.717) is 17.5 Å². The van der Waals surface area contributed by atoms with Crippen LogP contribution in [-0.4, -0.2) is 48.6 Å². The molecule has 0 atom stereocenters. The lowest BCUT2D eigenvalue weighted by atomic mass is 9.96. The third kappa shape index (κ3) is 6.99. The van der Waals surface area contributed by atoms with E-state index in [1.54, 1.807) is 24.3 Å². The number of rotatable bonds is 6. The van der Waals surface area contributed by atoms with Crippen LogP contribution in [0.25, 0.3) is 0 Å². The van der Waals surface area contributed by atoms with Gasteiger partial charge in [-0.25, -0.2) is 4.79 Å². The lowest BCUT2D eigenvalue weighted by molar-refractivity contribution is -0.116. The van der Waals surface area contributed by atoms with E-state index in [1.807, 2.05) is 0 Å². The van der Waals surface area contributed by atoms with E-state index in [0.717, 1.165) is 51.0 Å². The maximum absolute atomic E-state index is 12.2. The van der Waals surface area contributed by atoms with Crippen molar-refractivity contribution in [3.8, 4) is 0 Å². The molecule has 1 aromatic rings. The largest absolute Gasteiger partial charge is 0.335 e. The number of nitrogens with one attached hydrogen (secondary N) is 3. The predicted molar refractivity (Wildman–Crippen MR) is 113 cm³/mol. The molecule has 3 rings (SSSR count). The molecule has 1 saturated heterocycles. The van der Waals surface area contributed by atoms with Crippen molar-refractivity contribution in [1.29, 1.82) is 0 Å². The summed E-state index contributed by atoms with van der Waals surface area (Å²) in [5.41, 5.74) is 0.765. The van der Waals surface area contributed by atoms with Gasteiger partial charge in [0.2, 0.25) is 5.91 Å². The second-order valence-electron chi connectivity index (χ2n) is 7.87. The summed E-state index contributed by atoms with van der Waals surface area (Å²) in [7, 11) is 0. The molecule has 7 heteroatoms. The van der Waals surface area contributed by atoms with Gasteiger partial charge in [0.25, 0.3) is 0 Å². The van der Waals surface area contributed by atoms with Crippen LogP contribution in [0.2, 0.25) is 5.02 Å². The lowest BCUT2D eigenvalue weighted by Crippen LogP contribution is -2.50. The van der Waals surface area contributed by atoms with Crippen molar-refractivity contribution in [2.75, 3.05) is 25.0 Å². The average Bonchev–Trinajstić information content (AvgIpc) is 2.70. The molecule has 1 saturated carbocycles. The number of likely N-dealkylation sites (tertiary alicyclic amines) is 1. The Kier molecular flexibility index (Phi) is 7.98. The Bertz CT molecular complexity index is 638. The zero-order valence-corrected chi connectivity index (χ0v) is 17.1. The molecule has 0 radical (unpaired) electrons. The number of urea groups is 1. The van der Waals surface area contributed by atoms with Gasteiger partial charge in [-0.05, 0) is 49.9 Å². The highest BCUT2D eigenvalue weighted by Crippen LogP contribution is 2.18. The summed E-state index contributed by atoms with van der Waals surface area (Å²) < 4.78 is 0. The molecule has 1 aromatic carbocycles. The molecule has 28 heavy (non-hydrogen) atoms. The molecule has 0 bridgehead atoms. The first-order chi connectivity index (χ1) is 13.6. The third-order valence-corrected chi connectivity index (χ3v) is 5.90. The molecule has 2 aliphatic rings. The smallest absolute Gasteiger partial charge is 0.315 e. The predicted octanol–water partition coefficient (Wildman–Crippen LogP) is 3.76. The van der Waals surface area contributed by atoms with E-state index in [-0.39, 0.29) is 18.0 Å². The van der Waals surface area contributed by atoms with Crippen LogP contribution in [-0.2, 0) is 4.79 Å². The monoisotopic (exact) mass is 406 g/mol. The highest BCUT2D eigenvalue weighted by atomic mass is 35.5. The number of carbonyl (C=O) groups excluding carboxylic acids is 2. The van der Waals surface area contributed by atoms with E-state index in [4.69, 9.17) is 11.6 Å². The van der Waals surface area contributed by atoms with Crippen LogP contribution in [0.4, 0.5) is 10.5 Å². The van der Waals surface area contributed by atoms with E-state index >= 15 is 0 Å². The molecular formula is C21H31ClN4O2. The van der Waals surface area contributed by atoms with Gasteiger partial charge in [0.1, 0.15) is 0 Å². The van der Waals surface area contributed by atoms with Gasteiger partial charge in [-0.3, -0.25) is 4.79 Å². The number of carbonyl (C=O) groups is 2. The zero-order valence-electron chi connectivity index (χ0n) is 16.4. The number of hydrogen-bond donors (Lipinski definition) is 3. The van der Waals surface area contributed by atoms with Gasteiger partial charge in [0.05, 0.1) is 0 Å². The second kappa shape index (κ2) is 10.7. The van der Waals surface area contributed by atoms with Gasteiger partial charge >= 0.3 is 6.03 Å². The number of benzene rings is 1.